The Balaban J connectivity index is 2.50. The van der Waals surface area contributed by atoms with Crippen molar-refractivity contribution < 1.29 is 13.5 Å². The fourth-order valence-electron chi connectivity index (χ4n) is 2.39. The lowest BCUT2D eigenvalue weighted by Gasteiger charge is -2.40. The molecule has 1 aliphatic rings. The van der Waals surface area contributed by atoms with Gasteiger partial charge >= 0.3 is 6.61 Å². The highest BCUT2D eigenvalue weighted by Gasteiger charge is 2.38. The summed E-state index contributed by atoms with van der Waals surface area (Å²) in [6.07, 6.45) is 3.22. The Morgan fingerprint density at radius 3 is 2.20 bits per heavy atom. The van der Waals surface area contributed by atoms with Gasteiger partial charge in [0.25, 0.3) is 0 Å². The first-order chi connectivity index (χ1) is 6.99. The number of hydrogen-bond donors (Lipinski definition) is 1. The maximum absolute atomic E-state index is 12.2. The van der Waals surface area contributed by atoms with Crippen LogP contribution in [0.5, 0.6) is 0 Å². The molecular weight excluding hydrogens is 200 g/mol. The molecule has 90 valence electrons. The standard InChI is InChI=1S/C11H21F2NO/c1-8(2)9-3-5-11(7-14,6-4-9)15-10(12)13/h8-10H,3-7,14H2,1-2H3. The van der Waals surface area contributed by atoms with Crippen molar-refractivity contribution in [2.24, 2.45) is 17.6 Å². The van der Waals surface area contributed by atoms with Gasteiger partial charge in [-0.15, -0.1) is 0 Å². The Hall–Kier alpha value is -0.220. The lowest BCUT2D eigenvalue weighted by atomic mass is 9.74. The van der Waals surface area contributed by atoms with Crippen LogP contribution in [0.25, 0.3) is 0 Å². The molecule has 0 amide bonds. The zero-order valence-electron chi connectivity index (χ0n) is 9.51. The molecule has 0 aromatic carbocycles. The highest BCUT2D eigenvalue weighted by molar-refractivity contribution is 4.88. The van der Waals surface area contributed by atoms with Crippen molar-refractivity contribution in [1.82, 2.24) is 0 Å². The number of hydrogen-bond acceptors (Lipinski definition) is 2. The van der Waals surface area contributed by atoms with Crippen LogP contribution in [-0.4, -0.2) is 18.8 Å². The van der Waals surface area contributed by atoms with Crippen molar-refractivity contribution >= 4 is 0 Å². The second kappa shape index (κ2) is 5.21. The largest absolute Gasteiger partial charge is 0.345 e. The maximum Gasteiger partial charge on any atom is 0.345 e. The van der Waals surface area contributed by atoms with Crippen molar-refractivity contribution in [3.63, 3.8) is 0 Å². The molecule has 0 aromatic rings. The molecule has 1 saturated carbocycles. The SMILES string of the molecule is CC(C)C1CCC(CN)(OC(F)F)CC1. The predicted molar refractivity (Wildman–Crippen MR) is 55.7 cm³/mol. The van der Waals surface area contributed by atoms with Crippen LogP contribution in [0.2, 0.25) is 0 Å². The number of ether oxygens (including phenoxy) is 1. The second-order valence-electron chi connectivity index (χ2n) is 4.85. The number of alkyl halides is 2. The molecule has 0 radical (unpaired) electrons. The van der Waals surface area contributed by atoms with Crippen LogP contribution in [0.4, 0.5) is 8.78 Å². The number of nitrogens with two attached hydrogens (primary N) is 1. The van der Waals surface area contributed by atoms with Gasteiger partial charge < -0.3 is 10.5 Å². The molecule has 2 N–H and O–H groups in total. The van der Waals surface area contributed by atoms with Gasteiger partial charge in [0.15, 0.2) is 0 Å². The molecule has 0 aliphatic heterocycles. The van der Waals surface area contributed by atoms with Crippen molar-refractivity contribution in [2.75, 3.05) is 6.54 Å². The molecule has 1 rings (SSSR count). The molecule has 4 heteroatoms. The molecule has 15 heavy (non-hydrogen) atoms. The van der Waals surface area contributed by atoms with E-state index in [2.05, 4.69) is 13.8 Å². The third-order valence-electron chi connectivity index (χ3n) is 3.60. The fourth-order valence-corrected chi connectivity index (χ4v) is 2.39. The molecule has 0 bridgehead atoms. The fraction of sp³-hybridized carbons (Fsp3) is 1.00. The molecule has 0 unspecified atom stereocenters. The van der Waals surface area contributed by atoms with Crippen LogP contribution >= 0.6 is 0 Å². The Bertz CT molecular complexity index is 189. The summed E-state index contributed by atoms with van der Waals surface area (Å²) in [5, 5.41) is 0. The van der Waals surface area contributed by atoms with Gasteiger partial charge in [-0.2, -0.15) is 8.78 Å². The van der Waals surface area contributed by atoms with Crippen molar-refractivity contribution in [2.45, 2.75) is 51.7 Å². The van der Waals surface area contributed by atoms with Gasteiger partial charge in [-0.1, -0.05) is 13.8 Å². The van der Waals surface area contributed by atoms with E-state index in [1.54, 1.807) is 0 Å². The van der Waals surface area contributed by atoms with E-state index >= 15 is 0 Å². The Labute approximate surface area is 90.2 Å². The van der Waals surface area contributed by atoms with E-state index in [0.29, 0.717) is 24.7 Å². The van der Waals surface area contributed by atoms with Crippen molar-refractivity contribution in [3.05, 3.63) is 0 Å². The average molecular weight is 221 g/mol. The summed E-state index contributed by atoms with van der Waals surface area (Å²) in [5.74, 6) is 1.25. The molecule has 0 heterocycles. The molecule has 1 aliphatic carbocycles. The van der Waals surface area contributed by atoms with Gasteiger partial charge in [0, 0.05) is 6.54 Å². The topological polar surface area (TPSA) is 35.2 Å². The minimum Gasteiger partial charge on any atom is -0.328 e. The summed E-state index contributed by atoms with van der Waals surface area (Å²) < 4.78 is 29.2. The van der Waals surface area contributed by atoms with Crippen LogP contribution < -0.4 is 5.73 Å². The minimum absolute atomic E-state index is 0.197. The summed E-state index contributed by atoms with van der Waals surface area (Å²) in [6, 6.07) is 0. The molecule has 2 nitrogen and oxygen atoms in total. The van der Waals surface area contributed by atoms with Gasteiger partial charge in [0.1, 0.15) is 0 Å². The predicted octanol–water partition coefficient (Wildman–Crippen LogP) is 2.77. The maximum atomic E-state index is 12.2. The Kier molecular flexibility index (Phi) is 4.46. The monoisotopic (exact) mass is 221 g/mol. The van der Waals surface area contributed by atoms with E-state index in [1.165, 1.54) is 0 Å². The van der Waals surface area contributed by atoms with Gasteiger partial charge in [-0.25, -0.2) is 0 Å². The van der Waals surface area contributed by atoms with E-state index in [0.717, 1.165) is 12.8 Å². The molecule has 1 fully saturated rings. The number of halogens is 2. The zero-order valence-corrected chi connectivity index (χ0v) is 9.51. The smallest absolute Gasteiger partial charge is 0.328 e. The third kappa shape index (κ3) is 3.38. The van der Waals surface area contributed by atoms with E-state index in [4.69, 9.17) is 10.5 Å². The summed E-state index contributed by atoms with van der Waals surface area (Å²) in [6.45, 7) is 1.84. The molecule has 0 saturated heterocycles. The zero-order chi connectivity index (χ0) is 11.5. The Morgan fingerprint density at radius 2 is 1.87 bits per heavy atom. The molecule has 0 atom stereocenters. The quantitative estimate of drug-likeness (QED) is 0.792. The Morgan fingerprint density at radius 1 is 1.33 bits per heavy atom. The van der Waals surface area contributed by atoms with Gasteiger partial charge in [-0.05, 0) is 37.5 Å². The van der Waals surface area contributed by atoms with Gasteiger partial charge in [0.2, 0.25) is 0 Å². The minimum atomic E-state index is -2.70. The molecule has 0 spiro atoms. The normalized spacial score (nSPS) is 32.6. The highest BCUT2D eigenvalue weighted by atomic mass is 19.3. The van der Waals surface area contributed by atoms with Crippen LogP contribution in [0.1, 0.15) is 39.5 Å². The molecular formula is C11H21F2NO. The van der Waals surface area contributed by atoms with Gasteiger partial charge in [0.05, 0.1) is 5.60 Å². The van der Waals surface area contributed by atoms with Crippen LogP contribution in [-0.2, 0) is 4.74 Å². The van der Waals surface area contributed by atoms with Gasteiger partial charge in [-0.3, -0.25) is 0 Å². The van der Waals surface area contributed by atoms with E-state index in [9.17, 15) is 8.78 Å². The highest BCUT2D eigenvalue weighted by Crippen LogP contribution is 2.38. The lowest BCUT2D eigenvalue weighted by molar-refractivity contribution is -0.218. The first kappa shape index (κ1) is 12.8. The van der Waals surface area contributed by atoms with Crippen LogP contribution in [0, 0.1) is 11.8 Å². The van der Waals surface area contributed by atoms with E-state index < -0.39 is 12.2 Å². The van der Waals surface area contributed by atoms with Crippen LogP contribution in [0.15, 0.2) is 0 Å². The summed E-state index contributed by atoms with van der Waals surface area (Å²) in [5.41, 5.74) is 4.79. The van der Waals surface area contributed by atoms with Crippen molar-refractivity contribution in [3.8, 4) is 0 Å². The number of rotatable bonds is 4. The first-order valence-corrected chi connectivity index (χ1v) is 5.65. The lowest BCUT2D eigenvalue weighted by Crippen LogP contribution is -2.45. The average Bonchev–Trinajstić information content (AvgIpc) is 2.17. The second-order valence-corrected chi connectivity index (χ2v) is 4.85. The van der Waals surface area contributed by atoms with E-state index in [-0.39, 0.29) is 6.54 Å². The van der Waals surface area contributed by atoms with E-state index in [1.807, 2.05) is 0 Å². The summed E-state index contributed by atoms with van der Waals surface area (Å²) in [7, 11) is 0. The summed E-state index contributed by atoms with van der Waals surface area (Å²) >= 11 is 0. The van der Waals surface area contributed by atoms with Crippen molar-refractivity contribution in [1.29, 1.82) is 0 Å². The molecule has 0 aromatic heterocycles. The first-order valence-electron chi connectivity index (χ1n) is 5.65. The van der Waals surface area contributed by atoms with Crippen LogP contribution in [0.3, 0.4) is 0 Å². The summed E-state index contributed by atoms with van der Waals surface area (Å²) in [4.78, 5) is 0. The third-order valence-corrected chi connectivity index (χ3v) is 3.60.